The lowest BCUT2D eigenvalue weighted by molar-refractivity contribution is 0.160. The van der Waals surface area contributed by atoms with Crippen LogP contribution in [0.5, 0.6) is 0 Å². The van der Waals surface area contributed by atoms with E-state index in [-0.39, 0.29) is 0 Å². The summed E-state index contributed by atoms with van der Waals surface area (Å²) in [7, 11) is 1.82. The van der Waals surface area contributed by atoms with E-state index in [1.54, 1.807) is 4.68 Å². The van der Waals surface area contributed by atoms with Gasteiger partial charge >= 0.3 is 0 Å². The molecule has 0 saturated carbocycles. The maximum absolute atomic E-state index is 9.57. The molecule has 0 unspecified atom stereocenters. The van der Waals surface area contributed by atoms with E-state index in [4.69, 9.17) is 5.73 Å². The molecule has 0 saturated heterocycles. The molecule has 0 aliphatic rings. The highest BCUT2D eigenvalue weighted by Gasteiger charge is 2.11. The van der Waals surface area contributed by atoms with Crippen molar-refractivity contribution in [2.24, 2.45) is 12.8 Å². The summed E-state index contributed by atoms with van der Waals surface area (Å²) in [4.78, 5) is 0. The third-order valence-corrected chi connectivity index (χ3v) is 1.82. The molecule has 0 aromatic carbocycles. The molecule has 1 aromatic rings. The number of aryl methyl sites for hydroxylation is 2. The van der Waals surface area contributed by atoms with Crippen molar-refractivity contribution in [3.05, 3.63) is 17.5 Å². The van der Waals surface area contributed by atoms with Crippen LogP contribution in [0.4, 0.5) is 0 Å². The molecule has 1 rings (SSSR count). The van der Waals surface area contributed by atoms with E-state index in [2.05, 4.69) is 5.10 Å². The number of aliphatic hydroxyl groups excluding tert-OH is 1. The minimum Gasteiger partial charge on any atom is -0.387 e. The zero-order chi connectivity index (χ0) is 9.14. The van der Waals surface area contributed by atoms with Gasteiger partial charge in [-0.25, -0.2) is 0 Å². The minimum absolute atomic E-state index is 0.485. The Bertz CT molecular complexity index is 257. The van der Waals surface area contributed by atoms with Gasteiger partial charge in [-0.1, -0.05) is 0 Å². The Morgan fingerprint density at radius 1 is 1.75 bits per heavy atom. The van der Waals surface area contributed by atoms with Crippen LogP contribution in [-0.4, -0.2) is 21.4 Å². The van der Waals surface area contributed by atoms with Crippen molar-refractivity contribution in [2.45, 2.75) is 19.4 Å². The molecular weight excluding hydrogens is 154 g/mol. The van der Waals surface area contributed by atoms with Crippen LogP contribution in [-0.2, 0) is 7.05 Å². The smallest absolute Gasteiger partial charge is 0.0968 e. The summed E-state index contributed by atoms with van der Waals surface area (Å²) >= 11 is 0. The molecule has 4 heteroatoms. The minimum atomic E-state index is -0.485. The first-order chi connectivity index (χ1) is 5.65. The predicted octanol–water partition coefficient (Wildman–Crippen LogP) is 0.111. The lowest BCUT2D eigenvalue weighted by Gasteiger charge is -2.08. The van der Waals surface area contributed by atoms with Crippen LogP contribution in [0.15, 0.2) is 6.07 Å². The highest BCUT2D eigenvalue weighted by molar-refractivity contribution is 5.11. The third kappa shape index (κ3) is 1.84. The summed E-state index contributed by atoms with van der Waals surface area (Å²) in [6, 6.07) is 1.88. The van der Waals surface area contributed by atoms with Crippen LogP contribution >= 0.6 is 0 Å². The van der Waals surface area contributed by atoms with Crippen LogP contribution in [0.2, 0.25) is 0 Å². The van der Waals surface area contributed by atoms with Gasteiger partial charge in [-0.15, -0.1) is 0 Å². The van der Waals surface area contributed by atoms with Crippen LogP contribution < -0.4 is 5.73 Å². The van der Waals surface area contributed by atoms with Crippen LogP contribution in [0.25, 0.3) is 0 Å². The molecule has 1 aromatic heterocycles. The summed E-state index contributed by atoms with van der Waals surface area (Å²) in [6.07, 6.45) is 0.0973. The molecule has 1 heterocycles. The Kier molecular flexibility index (Phi) is 2.83. The molecular formula is C8H15N3O. The average molecular weight is 169 g/mol. The summed E-state index contributed by atoms with van der Waals surface area (Å²) in [5, 5.41) is 13.7. The molecule has 1 atom stereocenters. The fourth-order valence-electron chi connectivity index (χ4n) is 1.25. The molecule has 0 aliphatic heterocycles. The number of hydrogen-bond acceptors (Lipinski definition) is 3. The summed E-state index contributed by atoms with van der Waals surface area (Å²) in [5.74, 6) is 0. The van der Waals surface area contributed by atoms with E-state index in [9.17, 15) is 5.11 Å². The van der Waals surface area contributed by atoms with E-state index >= 15 is 0 Å². The van der Waals surface area contributed by atoms with E-state index in [1.807, 2.05) is 20.0 Å². The second-order valence-electron chi connectivity index (χ2n) is 2.93. The molecule has 3 N–H and O–H groups in total. The number of rotatable bonds is 3. The van der Waals surface area contributed by atoms with Gasteiger partial charge in [0, 0.05) is 7.05 Å². The Morgan fingerprint density at radius 3 is 2.83 bits per heavy atom. The van der Waals surface area contributed by atoms with Crippen LogP contribution in [0, 0.1) is 6.92 Å². The van der Waals surface area contributed by atoms with Gasteiger partial charge < -0.3 is 10.8 Å². The normalized spacial score (nSPS) is 13.3. The van der Waals surface area contributed by atoms with Crippen molar-refractivity contribution in [3.8, 4) is 0 Å². The second-order valence-corrected chi connectivity index (χ2v) is 2.93. The van der Waals surface area contributed by atoms with Crippen molar-refractivity contribution in [1.82, 2.24) is 9.78 Å². The van der Waals surface area contributed by atoms with Crippen molar-refractivity contribution < 1.29 is 5.11 Å². The standard InChI is InChI=1S/C8H15N3O/c1-6-5-7(11(2)10-6)8(12)3-4-9/h5,8,12H,3-4,9H2,1-2H3/t8-/m1/s1. The lowest BCUT2D eigenvalue weighted by atomic mass is 10.2. The molecule has 68 valence electrons. The van der Waals surface area contributed by atoms with Gasteiger partial charge in [-0.05, 0) is 26.0 Å². The third-order valence-electron chi connectivity index (χ3n) is 1.82. The zero-order valence-electron chi connectivity index (χ0n) is 7.49. The zero-order valence-corrected chi connectivity index (χ0v) is 7.49. The fraction of sp³-hybridized carbons (Fsp3) is 0.625. The molecule has 0 amide bonds. The number of nitrogens with zero attached hydrogens (tertiary/aromatic N) is 2. The van der Waals surface area contributed by atoms with Crippen molar-refractivity contribution in [1.29, 1.82) is 0 Å². The first-order valence-corrected chi connectivity index (χ1v) is 4.04. The number of aliphatic hydroxyl groups is 1. The van der Waals surface area contributed by atoms with Crippen molar-refractivity contribution >= 4 is 0 Å². The average Bonchev–Trinajstić information content (AvgIpc) is 2.30. The summed E-state index contributed by atoms with van der Waals surface area (Å²) < 4.78 is 1.69. The van der Waals surface area contributed by atoms with Crippen LogP contribution in [0.1, 0.15) is 23.9 Å². The lowest BCUT2D eigenvalue weighted by Crippen LogP contribution is -2.10. The highest BCUT2D eigenvalue weighted by Crippen LogP contribution is 2.15. The second kappa shape index (κ2) is 3.69. The Balaban J connectivity index is 2.79. The van der Waals surface area contributed by atoms with E-state index < -0.39 is 6.10 Å². The van der Waals surface area contributed by atoms with E-state index in [1.165, 1.54) is 0 Å². The molecule has 0 bridgehead atoms. The van der Waals surface area contributed by atoms with Gasteiger partial charge in [0.25, 0.3) is 0 Å². The molecule has 0 aliphatic carbocycles. The van der Waals surface area contributed by atoms with Crippen LogP contribution in [0.3, 0.4) is 0 Å². The summed E-state index contributed by atoms with van der Waals surface area (Å²) in [6.45, 7) is 2.39. The predicted molar refractivity (Wildman–Crippen MR) is 46.6 cm³/mol. The quantitative estimate of drug-likeness (QED) is 0.675. The number of hydrogen-bond donors (Lipinski definition) is 2. The van der Waals surface area contributed by atoms with Gasteiger partial charge in [0.1, 0.15) is 0 Å². The SMILES string of the molecule is Cc1cc([C@H](O)CCN)n(C)n1. The van der Waals surface area contributed by atoms with Gasteiger partial charge in [0.2, 0.25) is 0 Å². The molecule has 0 fully saturated rings. The maximum Gasteiger partial charge on any atom is 0.0968 e. The first-order valence-electron chi connectivity index (χ1n) is 4.04. The Labute approximate surface area is 72.0 Å². The van der Waals surface area contributed by atoms with Gasteiger partial charge in [0.05, 0.1) is 17.5 Å². The van der Waals surface area contributed by atoms with Gasteiger partial charge in [-0.3, -0.25) is 4.68 Å². The first kappa shape index (κ1) is 9.22. The summed E-state index contributed by atoms with van der Waals surface area (Å²) in [5.41, 5.74) is 7.09. The Hall–Kier alpha value is -0.870. The fourth-order valence-corrected chi connectivity index (χ4v) is 1.25. The molecule has 0 radical (unpaired) electrons. The molecule has 0 spiro atoms. The van der Waals surface area contributed by atoms with Crippen molar-refractivity contribution in [3.63, 3.8) is 0 Å². The van der Waals surface area contributed by atoms with Crippen molar-refractivity contribution in [2.75, 3.05) is 6.54 Å². The Morgan fingerprint density at radius 2 is 2.42 bits per heavy atom. The van der Waals surface area contributed by atoms with Gasteiger partial charge in [-0.2, -0.15) is 5.10 Å². The molecule has 4 nitrogen and oxygen atoms in total. The maximum atomic E-state index is 9.57. The monoisotopic (exact) mass is 169 g/mol. The number of nitrogens with two attached hydrogens (primary N) is 1. The van der Waals surface area contributed by atoms with E-state index in [0.717, 1.165) is 11.4 Å². The molecule has 12 heavy (non-hydrogen) atoms. The van der Waals surface area contributed by atoms with Gasteiger partial charge in [0.15, 0.2) is 0 Å². The topological polar surface area (TPSA) is 64.1 Å². The largest absolute Gasteiger partial charge is 0.387 e. The highest BCUT2D eigenvalue weighted by atomic mass is 16.3. The number of aromatic nitrogens is 2. The van der Waals surface area contributed by atoms with E-state index in [0.29, 0.717) is 13.0 Å².